The molecule has 1 aliphatic rings. The molecule has 2 atom stereocenters. The largest absolute Gasteiger partial charge is 0.316 e. The van der Waals surface area contributed by atoms with Crippen LogP contribution in [0.5, 0.6) is 0 Å². The number of halogens is 1. The number of hydrogen-bond acceptors (Lipinski definition) is 2. The van der Waals surface area contributed by atoms with Gasteiger partial charge in [-0.1, -0.05) is 35.9 Å². The van der Waals surface area contributed by atoms with Gasteiger partial charge in [-0.25, -0.2) is 0 Å². The third-order valence-corrected chi connectivity index (χ3v) is 5.28. The average molecular weight is 318 g/mol. The zero-order valence-corrected chi connectivity index (χ0v) is 13.8. The van der Waals surface area contributed by atoms with Crippen molar-refractivity contribution in [2.45, 2.75) is 23.2 Å². The number of thioether (sulfide) groups is 1. The normalized spacial score (nSPS) is 22.2. The molecule has 2 aromatic carbocycles. The van der Waals surface area contributed by atoms with Crippen LogP contribution >= 0.6 is 23.4 Å². The fourth-order valence-electron chi connectivity index (χ4n) is 3.20. The van der Waals surface area contributed by atoms with Crippen molar-refractivity contribution >= 4 is 23.4 Å². The van der Waals surface area contributed by atoms with E-state index in [9.17, 15) is 0 Å². The van der Waals surface area contributed by atoms with Crippen molar-refractivity contribution < 1.29 is 0 Å². The van der Waals surface area contributed by atoms with Crippen molar-refractivity contribution in [1.29, 1.82) is 0 Å². The molecular formula is C18H20ClNS. The summed E-state index contributed by atoms with van der Waals surface area (Å²) in [5, 5.41) is 4.36. The van der Waals surface area contributed by atoms with Crippen LogP contribution in [0.4, 0.5) is 0 Å². The van der Waals surface area contributed by atoms with Crippen LogP contribution in [0.3, 0.4) is 0 Å². The Bertz CT molecular complexity index is 596. The van der Waals surface area contributed by atoms with Gasteiger partial charge in [-0.2, -0.15) is 0 Å². The van der Waals surface area contributed by atoms with E-state index in [0.717, 1.165) is 18.1 Å². The van der Waals surface area contributed by atoms with Crippen molar-refractivity contribution in [1.82, 2.24) is 5.32 Å². The summed E-state index contributed by atoms with van der Waals surface area (Å²) in [4.78, 5) is 1.33. The molecule has 1 N–H and O–H groups in total. The van der Waals surface area contributed by atoms with E-state index in [1.165, 1.54) is 22.4 Å². The van der Waals surface area contributed by atoms with Crippen LogP contribution in [0.15, 0.2) is 53.4 Å². The molecule has 0 aliphatic carbocycles. The van der Waals surface area contributed by atoms with Crippen LogP contribution in [0.25, 0.3) is 0 Å². The molecular weight excluding hydrogens is 298 g/mol. The standard InChI is InChI=1S/C18H20ClNS/c1-21-16-7-5-13(6-8-16)17-9-10-20-12-18(17)14-3-2-4-15(19)11-14/h2-8,11,17-18,20H,9-10,12H2,1H3. The van der Waals surface area contributed by atoms with Crippen molar-refractivity contribution in [2.75, 3.05) is 19.3 Å². The summed E-state index contributed by atoms with van der Waals surface area (Å²) in [5.41, 5.74) is 2.79. The van der Waals surface area contributed by atoms with Crippen molar-refractivity contribution in [2.24, 2.45) is 0 Å². The predicted octanol–water partition coefficient (Wildman–Crippen LogP) is 4.92. The fourth-order valence-corrected chi connectivity index (χ4v) is 3.80. The van der Waals surface area contributed by atoms with E-state index in [2.05, 4.69) is 54.0 Å². The second kappa shape index (κ2) is 6.87. The maximum atomic E-state index is 6.17. The molecule has 1 saturated heterocycles. The molecule has 2 unspecified atom stereocenters. The van der Waals surface area contributed by atoms with Crippen LogP contribution in [0.1, 0.15) is 29.4 Å². The molecule has 0 bridgehead atoms. The zero-order chi connectivity index (χ0) is 14.7. The Hall–Kier alpha value is -0.960. The molecule has 1 nitrogen and oxygen atoms in total. The first-order valence-electron chi connectivity index (χ1n) is 7.38. The molecule has 110 valence electrons. The lowest BCUT2D eigenvalue weighted by Gasteiger charge is -2.33. The summed E-state index contributed by atoms with van der Waals surface area (Å²) in [7, 11) is 0. The lowest BCUT2D eigenvalue weighted by atomic mass is 9.77. The van der Waals surface area contributed by atoms with Crippen molar-refractivity contribution in [3.8, 4) is 0 Å². The topological polar surface area (TPSA) is 12.0 Å². The highest BCUT2D eigenvalue weighted by Crippen LogP contribution is 2.38. The van der Waals surface area contributed by atoms with E-state index in [1.54, 1.807) is 11.8 Å². The molecule has 1 heterocycles. The molecule has 0 saturated carbocycles. The maximum Gasteiger partial charge on any atom is 0.0408 e. The summed E-state index contributed by atoms with van der Waals surface area (Å²) in [5.74, 6) is 1.07. The highest BCUT2D eigenvalue weighted by atomic mass is 35.5. The number of piperidine rings is 1. The zero-order valence-electron chi connectivity index (χ0n) is 12.2. The summed E-state index contributed by atoms with van der Waals surface area (Å²) in [6, 6.07) is 17.4. The Kier molecular flexibility index (Phi) is 4.89. The first-order valence-corrected chi connectivity index (χ1v) is 8.98. The molecule has 0 aromatic heterocycles. The Balaban J connectivity index is 1.90. The number of rotatable bonds is 3. The Morgan fingerprint density at radius 1 is 1.05 bits per heavy atom. The summed E-state index contributed by atoms with van der Waals surface area (Å²) in [6.45, 7) is 2.11. The summed E-state index contributed by atoms with van der Waals surface area (Å²) in [6.07, 6.45) is 3.30. The highest BCUT2D eigenvalue weighted by Gasteiger charge is 2.27. The van der Waals surface area contributed by atoms with E-state index in [-0.39, 0.29) is 0 Å². The second-order valence-corrected chi connectivity index (χ2v) is 6.85. The second-order valence-electron chi connectivity index (χ2n) is 5.53. The fraction of sp³-hybridized carbons (Fsp3) is 0.333. The SMILES string of the molecule is CSc1ccc(C2CCNCC2c2cccc(Cl)c2)cc1. The Morgan fingerprint density at radius 3 is 2.57 bits per heavy atom. The van der Waals surface area contributed by atoms with Gasteiger partial charge >= 0.3 is 0 Å². The van der Waals surface area contributed by atoms with Crippen LogP contribution in [0.2, 0.25) is 5.02 Å². The van der Waals surface area contributed by atoms with Crippen molar-refractivity contribution in [3.05, 3.63) is 64.7 Å². The summed E-state index contributed by atoms with van der Waals surface area (Å²) >= 11 is 7.97. The first-order chi connectivity index (χ1) is 10.3. The van der Waals surface area contributed by atoms with Crippen LogP contribution < -0.4 is 5.32 Å². The van der Waals surface area contributed by atoms with E-state index >= 15 is 0 Å². The molecule has 2 aromatic rings. The van der Waals surface area contributed by atoms with Gasteiger partial charge in [-0.15, -0.1) is 11.8 Å². The van der Waals surface area contributed by atoms with E-state index in [1.807, 2.05) is 6.07 Å². The minimum absolute atomic E-state index is 0.498. The van der Waals surface area contributed by atoms with E-state index < -0.39 is 0 Å². The number of benzene rings is 2. The molecule has 1 aliphatic heterocycles. The van der Waals surface area contributed by atoms with Gasteiger partial charge < -0.3 is 5.32 Å². The van der Waals surface area contributed by atoms with Gasteiger partial charge in [0.15, 0.2) is 0 Å². The van der Waals surface area contributed by atoms with E-state index in [4.69, 9.17) is 11.6 Å². The number of hydrogen-bond donors (Lipinski definition) is 1. The Labute approximate surface area is 136 Å². The van der Waals surface area contributed by atoms with E-state index in [0.29, 0.717) is 11.8 Å². The Morgan fingerprint density at radius 2 is 1.86 bits per heavy atom. The lowest BCUT2D eigenvalue weighted by Crippen LogP contribution is -2.34. The minimum Gasteiger partial charge on any atom is -0.316 e. The third kappa shape index (κ3) is 3.45. The van der Waals surface area contributed by atoms with Gasteiger partial charge in [-0.3, -0.25) is 0 Å². The summed E-state index contributed by atoms with van der Waals surface area (Å²) < 4.78 is 0. The monoisotopic (exact) mass is 317 g/mol. The molecule has 3 rings (SSSR count). The van der Waals surface area contributed by atoms with Gasteiger partial charge in [0.05, 0.1) is 0 Å². The van der Waals surface area contributed by atoms with Gasteiger partial charge in [0, 0.05) is 22.4 Å². The molecule has 21 heavy (non-hydrogen) atoms. The van der Waals surface area contributed by atoms with Gasteiger partial charge in [0.25, 0.3) is 0 Å². The van der Waals surface area contributed by atoms with Gasteiger partial charge in [0.1, 0.15) is 0 Å². The third-order valence-electron chi connectivity index (χ3n) is 4.30. The predicted molar refractivity (Wildman–Crippen MR) is 92.6 cm³/mol. The first kappa shape index (κ1) is 15.0. The van der Waals surface area contributed by atoms with Gasteiger partial charge in [-0.05, 0) is 60.5 Å². The average Bonchev–Trinajstić information content (AvgIpc) is 2.55. The maximum absolute atomic E-state index is 6.17. The van der Waals surface area contributed by atoms with Gasteiger partial charge in [0.2, 0.25) is 0 Å². The quantitative estimate of drug-likeness (QED) is 0.806. The van der Waals surface area contributed by atoms with Crippen LogP contribution in [0, 0.1) is 0 Å². The van der Waals surface area contributed by atoms with Crippen LogP contribution in [-0.4, -0.2) is 19.3 Å². The molecule has 0 spiro atoms. The highest BCUT2D eigenvalue weighted by molar-refractivity contribution is 7.98. The smallest absolute Gasteiger partial charge is 0.0408 e. The number of nitrogens with one attached hydrogen (secondary N) is 1. The van der Waals surface area contributed by atoms with Crippen LogP contribution in [-0.2, 0) is 0 Å². The molecule has 1 fully saturated rings. The lowest BCUT2D eigenvalue weighted by molar-refractivity contribution is 0.404. The molecule has 3 heteroatoms. The molecule has 0 amide bonds. The minimum atomic E-state index is 0.498. The molecule has 0 radical (unpaired) electrons. The van der Waals surface area contributed by atoms with Crippen molar-refractivity contribution in [3.63, 3.8) is 0 Å².